The van der Waals surface area contributed by atoms with Crippen LogP contribution in [0.1, 0.15) is 40.5 Å². The highest BCUT2D eigenvalue weighted by molar-refractivity contribution is 8.03. The Morgan fingerprint density at radius 3 is 0.968 bits per heavy atom. The largest absolute Gasteiger partial charge is 0.395 e. The van der Waals surface area contributed by atoms with Crippen molar-refractivity contribution in [2.24, 2.45) is 0 Å². The van der Waals surface area contributed by atoms with E-state index in [-0.39, 0.29) is 0 Å². The lowest BCUT2D eigenvalue weighted by Gasteiger charge is -2.39. The molecule has 0 aromatic heterocycles. The molecular weight excluding hydrogens is 473 g/mol. The summed E-state index contributed by atoms with van der Waals surface area (Å²) >= 11 is 2.30. The van der Waals surface area contributed by atoms with E-state index in [4.69, 9.17) is 17.7 Å². The van der Waals surface area contributed by atoms with E-state index in [1.807, 2.05) is 0 Å². The fraction of sp³-hybridized carbons (Fsp3) is 1.00. The second-order valence-corrected chi connectivity index (χ2v) is 30.7. The monoisotopic (exact) mass is 526 g/mol. The molecule has 0 aromatic rings. The second kappa shape index (κ2) is 14.5. The van der Waals surface area contributed by atoms with Crippen molar-refractivity contribution in [3.05, 3.63) is 0 Å². The Kier molecular flexibility index (Phi) is 14.9. The summed E-state index contributed by atoms with van der Waals surface area (Å²) in [5.74, 6) is 0. The van der Waals surface area contributed by atoms with Crippen molar-refractivity contribution in [2.45, 2.75) is 115 Å². The molecule has 9 heteroatoms. The summed E-state index contributed by atoms with van der Waals surface area (Å²) in [4.78, 5) is 1.45. The molecule has 31 heavy (non-hydrogen) atoms. The van der Waals surface area contributed by atoms with E-state index in [1.165, 1.54) is 12.8 Å². The van der Waals surface area contributed by atoms with Crippen LogP contribution in [-0.2, 0) is 17.7 Å². The highest BCUT2D eigenvalue weighted by Gasteiger charge is 2.40. The Labute approximate surface area is 203 Å². The topological polar surface area (TPSA) is 36.9 Å². The van der Waals surface area contributed by atoms with Gasteiger partial charge >= 0.3 is 17.1 Å². The lowest BCUT2D eigenvalue weighted by molar-refractivity contribution is 0.188. The predicted octanol–water partition coefficient (Wildman–Crippen LogP) is 7.28. The van der Waals surface area contributed by atoms with Crippen molar-refractivity contribution in [3.63, 3.8) is 0 Å². The number of hydrogen-bond donors (Lipinski definition) is 0. The van der Waals surface area contributed by atoms with Crippen LogP contribution in [0.25, 0.3) is 0 Å². The first-order valence-corrected chi connectivity index (χ1v) is 25.5. The van der Waals surface area contributed by atoms with Crippen LogP contribution in [0.15, 0.2) is 0 Å². The zero-order valence-electron chi connectivity index (χ0n) is 22.9. The van der Waals surface area contributed by atoms with Crippen molar-refractivity contribution in [3.8, 4) is 0 Å². The third-order valence-electron chi connectivity index (χ3n) is 5.78. The van der Waals surface area contributed by atoms with E-state index in [9.17, 15) is 0 Å². The first-order valence-electron chi connectivity index (χ1n) is 12.4. The molecule has 0 saturated heterocycles. The molecule has 0 saturated carbocycles. The van der Waals surface area contributed by atoms with Crippen LogP contribution in [0.2, 0.25) is 64.5 Å². The molecule has 2 unspecified atom stereocenters. The highest BCUT2D eigenvalue weighted by atomic mass is 32.2. The lowest BCUT2D eigenvalue weighted by atomic mass is 10.5. The van der Waals surface area contributed by atoms with Crippen molar-refractivity contribution in [1.82, 2.24) is 0 Å². The summed E-state index contributed by atoms with van der Waals surface area (Å²) in [5, 5.41) is 0. The minimum atomic E-state index is -2.07. The molecule has 0 aliphatic carbocycles. The van der Waals surface area contributed by atoms with Crippen LogP contribution in [0.5, 0.6) is 0 Å². The van der Waals surface area contributed by atoms with Gasteiger partial charge in [0.2, 0.25) is 0 Å². The first-order chi connectivity index (χ1) is 14.2. The molecule has 0 heterocycles. The maximum atomic E-state index is 6.16. The fourth-order valence-electron chi connectivity index (χ4n) is 3.99. The first kappa shape index (κ1) is 32.1. The molecule has 0 fully saturated rings. The zero-order valence-corrected chi connectivity index (χ0v) is 27.7. The summed E-state index contributed by atoms with van der Waals surface area (Å²) in [6, 6.07) is 2.19. The van der Waals surface area contributed by atoms with Gasteiger partial charge in [-0.2, -0.15) is 11.8 Å². The Morgan fingerprint density at radius 2 is 0.774 bits per heavy atom. The van der Waals surface area contributed by atoms with E-state index < -0.39 is 33.3 Å². The summed E-state index contributed by atoms with van der Waals surface area (Å²) < 4.78 is 24.6. The van der Waals surface area contributed by atoms with Gasteiger partial charge in [-0.3, -0.25) is 0 Å². The Balaban J connectivity index is 5.44. The molecule has 4 nitrogen and oxygen atoms in total. The van der Waals surface area contributed by atoms with Crippen LogP contribution in [0.3, 0.4) is 0 Å². The molecule has 188 valence electrons. The third-order valence-corrected chi connectivity index (χ3v) is 22.4. The van der Waals surface area contributed by atoms with Gasteiger partial charge < -0.3 is 17.7 Å². The Hall–Kier alpha value is 1.06. The van der Waals surface area contributed by atoms with Crippen molar-refractivity contribution >= 4 is 45.0 Å². The molecule has 0 radical (unpaired) electrons. The smallest absolute Gasteiger partial charge is 0.334 e. The van der Waals surface area contributed by atoms with Crippen LogP contribution in [0, 0.1) is 0 Å². The molecule has 0 amide bonds. The van der Waals surface area contributed by atoms with Gasteiger partial charge in [-0.1, -0.05) is 39.3 Å². The van der Waals surface area contributed by atoms with Gasteiger partial charge in [0.05, 0.1) is 16.1 Å². The molecule has 0 N–H and O–H groups in total. The minimum absolute atomic E-state index is 0.726. The maximum absolute atomic E-state index is 6.16. The number of rotatable bonds is 18. The standard InChI is InChI=1S/C22H54O4SSi4/c1-13-23-30(11,24-14-2)19-17-21(28(5,6)7)27-22(29(8,9)10)18-20-31(12,25-15-3)26-16-4/h21-22H,13-20H2,1-12H3. The van der Waals surface area contributed by atoms with Gasteiger partial charge in [0, 0.05) is 26.4 Å². The van der Waals surface area contributed by atoms with E-state index >= 15 is 0 Å². The van der Waals surface area contributed by atoms with Gasteiger partial charge in [-0.15, -0.1) is 0 Å². The molecule has 0 rings (SSSR count). The highest BCUT2D eigenvalue weighted by Crippen LogP contribution is 2.38. The quantitative estimate of drug-likeness (QED) is 0.175. The van der Waals surface area contributed by atoms with Gasteiger partial charge in [-0.25, -0.2) is 0 Å². The second-order valence-electron chi connectivity index (χ2n) is 10.9. The molecule has 0 spiro atoms. The average Bonchev–Trinajstić information content (AvgIpc) is 2.59. The summed E-state index contributed by atoms with van der Waals surface area (Å²) in [6.07, 6.45) is 2.44. The van der Waals surface area contributed by atoms with Crippen LogP contribution < -0.4 is 0 Å². The average molecular weight is 527 g/mol. The maximum Gasteiger partial charge on any atom is 0.334 e. The zero-order chi connectivity index (χ0) is 24.3. The number of hydrogen-bond acceptors (Lipinski definition) is 5. The summed E-state index contributed by atoms with van der Waals surface area (Å²) in [7, 11) is -6.81. The predicted molar refractivity (Wildman–Crippen MR) is 150 cm³/mol. The molecular formula is C22H54O4SSi4. The van der Waals surface area contributed by atoms with Crippen molar-refractivity contribution < 1.29 is 17.7 Å². The van der Waals surface area contributed by atoms with E-state index in [0.29, 0.717) is 0 Å². The fourth-order valence-corrected chi connectivity index (χ4v) is 17.4. The molecule has 0 bridgehead atoms. The minimum Gasteiger partial charge on any atom is -0.395 e. The molecule has 0 aliphatic heterocycles. The van der Waals surface area contributed by atoms with Crippen LogP contribution >= 0.6 is 11.8 Å². The summed E-state index contributed by atoms with van der Waals surface area (Å²) in [5.41, 5.74) is 0. The van der Waals surface area contributed by atoms with Crippen LogP contribution in [-0.4, -0.2) is 69.4 Å². The van der Waals surface area contributed by atoms with E-state index in [2.05, 4.69) is 91.8 Å². The van der Waals surface area contributed by atoms with Crippen molar-refractivity contribution in [1.29, 1.82) is 0 Å². The van der Waals surface area contributed by atoms with Gasteiger partial charge in [-0.05, 0) is 75.5 Å². The number of thioether (sulfide) groups is 1. The summed E-state index contributed by atoms with van der Waals surface area (Å²) in [6.45, 7) is 31.1. The third kappa shape index (κ3) is 12.9. The normalized spacial score (nSPS) is 15.9. The molecule has 0 aliphatic rings. The van der Waals surface area contributed by atoms with Gasteiger partial charge in [0.15, 0.2) is 0 Å². The Bertz CT molecular complexity index is 429. The lowest BCUT2D eigenvalue weighted by Crippen LogP contribution is -2.46. The van der Waals surface area contributed by atoms with Gasteiger partial charge in [0.25, 0.3) is 0 Å². The van der Waals surface area contributed by atoms with Gasteiger partial charge in [0.1, 0.15) is 0 Å². The van der Waals surface area contributed by atoms with E-state index in [0.717, 1.165) is 48.3 Å². The molecule has 2 atom stereocenters. The Morgan fingerprint density at radius 1 is 0.516 bits per heavy atom. The van der Waals surface area contributed by atoms with Crippen molar-refractivity contribution in [2.75, 3.05) is 26.4 Å². The molecule has 0 aromatic carbocycles. The van der Waals surface area contributed by atoms with Crippen LogP contribution in [0.4, 0.5) is 0 Å². The SMILES string of the molecule is CCO[Si](C)(CCC(SC(CC[Si](C)(OCC)OCC)[Si](C)(C)C)[Si](C)(C)C)OCC. The van der Waals surface area contributed by atoms with E-state index in [1.54, 1.807) is 0 Å².